The molecule has 4 nitrogen and oxygen atoms in total. The molecule has 0 amide bonds. The number of fused-ring (bicyclic) bond motifs is 4. The molecule has 3 aromatic heterocycles. The van der Waals surface area contributed by atoms with Crippen molar-refractivity contribution >= 4 is 61.7 Å². The summed E-state index contributed by atoms with van der Waals surface area (Å²) < 4.78 is 6.90. The molecule has 0 aliphatic rings. The SMILES string of the molecule is C[n+]1cn(-c2cccc([Si](c3ccccc3)(c3ccccc3)c3ccc4c5ccccc5n(-c5cc(-c6ccccc6-c6ccccc6)ccn5)c4c3)c2)c2ccccc21. The smallest absolute Gasteiger partial charge is 0.249 e. The topological polar surface area (TPSA) is 26.6 Å². The molecule has 0 aliphatic heterocycles. The van der Waals surface area contributed by atoms with Gasteiger partial charge < -0.3 is 0 Å². The van der Waals surface area contributed by atoms with Crippen LogP contribution in [0, 0.1) is 0 Å². The lowest BCUT2D eigenvalue weighted by atomic mass is 9.95. The van der Waals surface area contributed by atoms with Crippen LogP contribution in [0.5, 0.6) is 0 Å². The zero-order chi connectivity index (χ0) is 40.0. The third kappa shape index (κ3) is 5.74. The van der Waals surface area contributed by atoms with Crippen LogP contribution in [0.3, 0.4) is 0 Å². The summed E-state index contributed by atoms with van der Waals surface area (Å²) in [5, 5.41) is 7.69. The van der Waals surface area contributed by atoms with Crippen molar-refractivity contribution in [2.75, 3.05) is 0 Å². The van der Waals surface area contributed by atoms with Gasteiger partial charge in [-0.2, -0.15) is 4.57 Å². The highest BCUT2D eigenvalue weighted by atomic mass is 28.3. The van der Waals surface area contributed by atoms with Crippen molar-refractivity contribution in [2.45, 2.75) is 0 Å². The number of aromatic nitrogens is 4. The molecule has 60 heavy (non-hydrogen) atoms. The summed E-state index contributed by atoms with van der Waals surface area (Å²) in [6.07, 6.45) is 4.16. The molecule has 0 unspecified atom stereocenters. The molecule has 11 aromatic rings. The quantitative estimate of drug-likeness (QED) is 0.0857. The molecule has 5 heteroatoms. The number of rotatable bonds is 8. The number of benzene rings is 8. The highest BCUT2D eigenvalue weighted by molar-refractivity contribution is 7.20. The van der Waals surface area contributed by atoms with E-state index in [4.69, 9.17) is 4.98 Å². The standard InChI is InChI=1S/C55H41N4Si/c1-57-39-58(53-31-16-15-30-52(53)57)42-20-17-25-45(37-42)60(43-21-7-3-8-22-43,44-23-9-4-10-24-44)46-32-33-50-49-28-13-14-29-51(49)59(54(50)38-46)55-36-41(34-35-56-55)48-27-12-11-26-47(48)40-18-5-2-6-19-40/h2-39H,1H3/q+1. The van der Waals surface area contributed by atoms with Crippen molar-refractivity contribution in [1.29, 1.82) is 0 Å². The van der Waals surface area contributed by atoms with E-state index in [-0.39, 0.29) is 0 Å². The van der Waals surface area contributed by atoms with Gasteiger partial charge in [0, 0.05) is 17.0 Å². The van der Waals surface area contributed by atoms with E-state index in [1.165, 1.54) is 59.2 Å². The molecule has 0 fully saturated rings. The van der Waals surface area contributed by atoms with Crippen LogP contribution in [-0.2, 0) is 7.05 Å². The number of pyridine rings is 1. The molecule has 0 spiro atoms. The van der Waals surface area contributed by atoms with Crippen LogP contribution in [-0.4, -0.2) is 22.2 Å². The Morgan fingerprint density at radius 2 is 1.02 bits per heavy atom. The summed E-state index contributed by atoms with van der Waals surface area (Å²) in [5.74, 6) is 0.889. The maximum absolute atomic E-state index is 5.12. The maximum Gasteiger partial charge on any atom is 0.249 e. The van der Waals surface area contributed by atoms with E-state index in [0.29, 0.717) is 0 Å². The van der Waals surface area contributed by atoms with Gasteiger partial charge in [0.05, 0.1) is 18.1 Å². The minimum Gasteiger partial charge on any atom is -0.294 e. The Morgan fingerprint density at radius 1 is 0.433 bits per heavy atom. The normalized spacial score (nSPS) is 11.8. The Balaban J connectivity index is 1.18. The number of nitrogens with zero attached hydrogens (tertiary/aromatic N) is 4. The van der Waals surface area contributed by atoms with E-state index < -0.39 is 8.07 Å². The van der Waals surface area contributed by atoms with Crippen molar-refractivity contribution in [3.05, 3.63) is 231 Å². The van der Waals surface area contributed by atoms with Crippen molar-refractivity contribution in [1.82, 2.24) is 14.1 Å². The average Bonchev–Trinajstić information content (AvgIpc) is 3.84. The Kier molecular flexibility index (Phi) is 8.68. The first kappa shape index (κ1) is 35.6. The molecule has 0 saturated carbocycles. The number of hydrogen-bond donors (Lipinski definition) is 0. The Hall–Kier alpha value is -7.60. The third-order valence-electron chi connectivity index (χ3n) is 12.2. The molecule has 11 rings (SSSR count). The van der Waals surface area contributed by atoms with Crippen molar-refractivity contribution in [3.8, 4) is 33.8 Å². The fraction of sp³-hybridized carbons (Fsp3) is 0.0182. The summed E-state index contributed by atoms with van der Waals surface area (Å²) in [7, 11) is -0.856. The highest BCUT2D eigenvalue weighted by Crippen LogP contribution is 2.35. The van der Waals surface area contributed by atoms with Crippen LogP contribution < -0.4 is 25.3 Å². The number of aryl methyl sites for hydroxylation is 1. The van der Waals surface area contributed by atoms with E-state index in [9.17, 15) is 0 Å². The molecule has 0 radical (unpaired) electrons. The molecular weight excluding hydrogens is 745 g/mol. The van der Waals surface area contributed by atoms with Crippen molar-refractivity contribution < 1.29 is 4.57 Å². The van der Waals surface area contributed by atoms with E-state index in [1.54, 1.807) is 0 Å². The average molecular weight is 786 g/mol. The zero-order valence-corrected chi connectivity index (χ0v) is 34.2. The lowest BCUT2D eigenvalue weighted by Gasteiger charge is -2.34. The van der Waals surface area contributed by atoms with Gasteiger partial charge in [-0.15, -0.1) is 0 Å². The number of hydrogen-bond acceptors (Lipinski definition) is 1. The molecule has 0 N–H and O–H groups in total. The zero-order valence-electron chi connectivity index (χ0n) is 33.2. The van der Waals surface area contributed by atoms with E-state index in [0.717, 1.165) is 28.1 Å². The molecule has 8 aromatic carbocycles. The molecule has 0 saturated heterocycles. The minimum atomic E-state index is -2.98. The fourth-order valence-electron chi connectivity index (χ4n) is 9.50. The third-order valence-corrected chi connectivity index (χ3v) is 16.9. The van der Waals surface area contributed by atoms with E-state index >= 15 is 0 Å². The lowest BCUT2D eigenvalue weighted by Crippen LogP contribution is -2.74. The van der Waals surface area contributed by atoms with Gasteiger partial charge in [0.2, 0.25) is 6.33 Å². The molecule has 0 aliphatic carbocycles. The lowest BCUT2D eigenvalue weighted by molar-refractivity contribution is -0.645. The Labute approximate surface area is 350 Å². The van der Waals surface area contributed by atoms with Crippen LogP contribution in [0.1, 0.15) is 0 Å². The minimum absolute atomic E-state index is 0.889. The van der Waals surface area contributed by atoms with Crippen LogP contribution >= 0.6 is 0 Å². The Bertz CT molecular complexity index is 3290. The number of para-hydroxylation sites is 3. The number of imidazole rings is 1. The van der Waals surface area contributed by atoms with E-state index in [1.807, 2.05) is 6.20 Å². The van der Waals surface area contributed by atoms with Crippen molar-refractivity contribution in [3.63, 3.8) is 0 Å². The first-order valence-corrected chi connectivity index (χ1v) is 22.5. The summed E-state index contributed by atoms with van der Waals surface area (Å²) in [5.41, 5.74) is 10.5. The van der Waals surface area contributed by atoms with Gasteiger partial charge >= 0.3 is 0 Å². The molecule has 0 atom stereocenters. The summed E-state index contributed by atoms with van der Waals surface area (Å²) in [6.45, 7) is 0. The first-order chi connectivity index (χ1) is 29.7. The van der Waals surface area contributed by atoms with Gasteiger partial charge in [0.25, 0.3) is 0 Å². The second-order valence-electron chi connectivity index (χ2n) is 15.5. The summed E-state index contributed by atoms with van der Waals surface area (Å²) in [6, 6.07) is 80.0. The molecule has 3 heterocycles. The monoisotopic (exact) mass is 785 g/mol. The second-order valence-corrected chi connectivity index (χ2v) is 19.3. The van der Waals surface area contributed by atoms with Gasteiger partial charge in [0.1, 0.15) is 11.5 Å². The van der Waals surface area contributed by atoms with Crippen LogP contribution in [0.2, 0.25) is 0 Å². The summed E-state index contributed by atoms with van der Waals surface area (Å²) >= 11 is 0. The largest absolute Gasteiger partial charge is 0.294 e. The molecule has 284 valence electrons. The molecule has 0 bridgehead atoms. The van der Waals surface area contributed by atoms with Gasteiger partial charge in [-0.1, -0.05) is 170 Å². The van der Waals surface area contributed by atoms with Crippen LogP contribution in [0.4, 0.5) is 0 Å². The highest BCUT2D eigenvalue weighted by Gasteiger charge is 2.42. The van der Waals surface area contributed by atoms with Crippen LogP contribution in [0.25, 0.3) is 66.6 Å². The van der Waals surface area contributed by atoms with Crippen molar-refractivity contribution in [2.24, 2.45) is 7.05 Å². The van der Waals surface area contributed by atoms with Gasteiger partial charge in [-0.3, -0.25) is 4.57 Å². The van der Waals surface area contributed by atoms with Crippen LogP contribution in [0.15, 0.2) is 231 Å². The Morgan fingerprint density at radius 3 is 1.77 bits per heavy atom. The predicted octanol–water partition coefficient (Wildman–Crippen LogP) is 9.66. The fourth-order valence-corrected chi connectivity index (χ4v) is 14.3. The summed E-state index contributed by atoms with van der Waals surface area (Å²) in [4.78, 5) is 5.12. The van der Waals surface area contributed by atoms with Gasteiger partial charge in [0.15, 0.2) is 19.1 Å². The second kappa shape index (κ2) is 14.6. The van der Waals surface area contributed by atoms with E-state index in [2.05, 4.69) is 245 Å². The molecular formula is C55H41N4Si+. The van der Waals surface area contributed by atoms with Gasteiger partial charge in [-0.05, 0) is 91.5 Å². The predicted molar refractivity (Wildman–Crippen MR) is 251 cm³/mol. The first-order valence-electron chi connectivity index (χ1n) is 20.5. The maximum atomic E-state index is 5.12. The van der Waals surface area contributed by atoms with Gasteiger partial charge in [-0.25, -0.2) is 9.55 Å².